The molecule has 0 nitrogen and oxygen atoms in total. The second-order valence-electron chi connectivity index (χ2n) is 3.41. The molecule has 0 atom stereocenters. The molecule has 1 heteroatoms. The first-order valence-electron chi connectivity index (χ1n) is 3.43. The van der Waals surface area contributed by atoms with E-state index in [1.54, 1.807) is 11.8 Å². The van der Waals surface area contributed by atoms with E-state index in [9.17, 15) is 0 Å². The summed E-state index contributed by atoms with van der Waals surface area (Å²) >= 11 is 1.68. The normalized spacial score (nSPS) is 13.4. The summed E-state index contributed by atoms with van der Waals surface area (Å²) in [7, 11) is 0. The Kier molecular flexibility index (Phi) is 3.80. The van der Waals surface area contributed by atoms with Crippen LogP contribution >= 0.6 is 11.8 Å². The quantitative estimate of drug-likeness (QED) is 0.586. The van der Waals surface area contributed by atoms with E-state index >= 15 is 0 Å². The molecule has 0 bridgehead atoms. The van der Waals surface area contributed by atoms with Crippen molar-refractivity contribution < 1.29 is 0 Å². The second-order valence-corrected chi connectivity index (χ2v) is 4.62. The lowest BCUT2D eigenvalue weighted by molar-refractivity contribution is 0.542. The Morgan fingerprint density at radius 2 is 1.90 bits per heavy atom. The van der Waals surface area contributed by atoms with Gasteiger partial charge in [-0.25, -0.2) is 0 Å². The van der Waals surface area contributed by atoms with E-state index in [1.165, 1.54) is 4.91 Å². The molecule has 0 N–H and O–H groups in total. The molecule has 0 radical (unpaired) electrons. The molecule has 0 aromatic carbocycles. The van der Waals surface area contributed by atoms with Crippen LogP contribution < -0.4 is 0 Å². The van der Waals surface area contributed by atoms with Gasteiger partial charge in [-0.15, -0.1) is 11.8 Å². The summed E-state index contributed by atoms with van der Waals surface area (Å²) in [6.07, 6.45) is 2.25. The molecule has 0 saturated heterocycles. The average Bonchev–Trinajstić information content (AvgIpc) is 1.59. The minimum atomic E-state index is 0.292. The van der Waals surface area contributed by atoms with Crippen molar-refractivity contribution in [2.24, 2.45) is 5.41 Å². The van der Waals surface area contributed by atoms with Crippen molar-refractivity contribution in [2.75, 3.05) is 0 Å². The van der Waals surface area contributed by atoms with Crippen LogP contribution in [0.1, 0.15) is 27.7 Å². The van der Waals surface area contributed by atoms with Gasteiger partial charge < -0.3 is 0 Å². The fraction of sp³-hybridized carbons (Fsp3) is 0.556. The van der Waals surface area contributed by atoms with Crippen LogP contribution in [0.3, 0.4) is 0 Å². The predicted molar refractivity (Wildman–Crippen MR) is 51.0 cm³/mol. The number of hydrogen-bond donors (Lipinski definition) is 0. The van der Waals surface area contributed by atoms with Gasteiger partial charge >= 0.3 is 0 Å². The zero-order valence-electron chi connectivity index (χ0n) is 7.27. The van der Waals surface area contributed by atoms with Gasteiger partial charge in [0, 0.05) is 0 Å². The van der Waals surface area contributed by atoms with E-state index in [1.807, 2.05) is 5.41 Å². The Morgan fingerprint density at radius 3 is 2.20 bits per heavy atom. The average molecular weight is 156 g/mol. The Hall–Kier alpha value is -0.170. The molecule has 0 aliphatic carbocycles. The van der Waals surface area contributed by atoms with Crippen LogP contribution in [0.15, 0.2) is 23.0 Å². The lowest BCUT2D eigenvalue weighted by Gasteiger charge is -2.12. The lowest BCUT2D eigenvalue weighted by atomic mass is 9.96. The summed E-state index contributed by atoms with van der Waals surface area (Å²) in [6.45, 7) is 12.3. The maximum Gasteiger partial charge on any atom is -0.0174 e. The van der Waals surface area contributed by atoms with Gasteiger partial charge in [0.05, 0.1) is 0 Å². The van der Waals surface area contributed by atoms with E-state index in [0.29, 0.717) is 5.41 Å². The molecule has 10 heavy (non-hydrogen) atoms. The Morgan fingerprint density at radius 1 is 1.40 bits per heavy atom. The molecule has 0 unspecified atom stereocenters. The maximum absolute atomic E-state index is 3.65. The molecular formula is C9H16S. The first-order valence-corrected chi connectivity index (χ1v) is 4.31. The summed E-state index contributed by atoms with van der Waals surface area (Å²) in [4.78, 5) is 1.32. The van der Waals surface area contributed by atoms with Gasteiger partial charge in [0.2, 0.25) is 0 Å². The minimum absolute atomic E-state index is 0.292. The minimum Gasteiger partial charge on any atom is -0.104 e. The molecule has 0 aliphatic rings. The Balaban J connectivity index is 4.02. The zero-order valence-corrected chi connectivity index (χ0v) is 8.09. The number of rotatable bonds is 2. The van der Waals surface area contributed by atoms with Gasteiger partial charge in [0.15, 0.2) is 0 Å². The van der Waals surface area contributed by atoms with Gasteiger partial charge in [0.1, 0.15) is 0 Å². The van der Waals surface area contributed by atoms with Crippen molar-refractivity contribution >= 4 is 11.8 Å². The first kappa shape index (κ1) is 9.83. The largest absolute Gasteiger partial charge is 0.104 e. The molecule has 0 aliphatic heterocycles. The summed E-state index contributed by atoms with van der Waals surface area (Å²) in [5.74, 6) is 0. The van der Waals surface area contributed by atoms with Gasteiger partial charge in [0.25, 0.3) is 0 Å². The van der Waals surface area contributed by atoms with Crippen LogP contribution in [0, 0.1) is 5.41 Å². The van der Waals surface area contributed by atoms with Crippen LogP contribution in [-0.4, -0.2) is 0 Å². The summed E-state index contributed by atoms with van der Waals surface area (Å²) in [6, 6.07) is 0. The van der Waals surface area contributed by atoms with Crippen LogP contribution in [0.25, 0.3) is 0 Å². The topological polar surface area (TPSA) is 0 Å². The van der Waals surface area contributed by atoms with Crippen LogP contribution in [0.4, 0.5) is 0 Å². The predicted octanol–water partition coefficient (Wildman–Crippen LogP) is 3.81. The monoisotopic (exact) mass is 156 g/mol. The maximum atomic E-state index is 3.65. The van der Waals surface area contributed by atoms with Crippen molar-refractivity contribution in [1.29, 1.82) is 0 Å². The van der Waals surface area contributed by atoms with Gasteiger partial charge in [-0.1, -0.05) is 33.4 Å². The van der Waals surface area contributed by atoms with Crippen molar-refractivity contribution in [3.8, 4) is 0 Å². The molecule has 0 spiro atoms. The third kappa shape index (κ3) is 5.96. The van der Waals surface area contributed by atoms with E-state index in [2.05, 4.69) is 40.3 Å². The standard InChI is InChI=1S/C9H16S/c1-6-10-8(2)7-9(3,4)5/h6-7H,1H2,2-5H3/b8-7-. The van der Waals surface area contributed by atoms with Gasteiger partial charge in [-0.2, -0.15) is 0 Å². The SMILES string of the molecule is C=CS/C(C)=C\C(C)(C)C. The van der Waals surface area contributed by atoms with Crippen LogP contribution in [-0.2, 0) is 0 Å². The summed E-state index contributed by atoms with van der Waals surface area (Å²) < 4.78 is 0. The second kappa shape index (κ2) is 3.87. The summed E-state index contributed by atoms with van der Waals surface area (Å²) in [5.41, 5.74) is 0.292. The first-order chi connectivity index (χ1) is 4.45. The molecule has 0 rings (SSSR count). The third-order valence-corrected chi connectivity index (χ3v) is 1.56. The van der Waals surface area contributed by atoms with Gasteiger partial charge in [-0.05, 0) is 22.7 Å². The Bertz CT molecular complexity index is 137. The smallest absolute Gasteiger partial charge is 0.0174 e. The highest BCUT2D eigenvalue weighted by Gasteiger charge is 2.05. The number of hydrogen-bond acceptors (Lipinski definition) is 1. The van der Waals surface area contributed by atoms with Gasteiger partial charge in [-0.3, -0.25) is 0 Å². The van der Waals surface area contributed by atoms with Crippen molar-refractivity contribution in [2.45, 2.75) is 27.7 Å². The van der Waals surface area contributed by atoms with E-state index in [0.717, 1.165) is 0 Å². The zero-order chi connectivity index (χ0) is 8.20. The van der Waals surface area contributed by atoms with Crippen molar-refractivity contribution in [1.82, 2.24) is 0 Å². The fourth-order valence-electron chi connectivity index (χ4n) is 0.775. The molecule has 0 heterocycles. The third-order valence-electron chi connectivity index (χ3n) is 0.906. The van der Waals surface area contributed by atoms with E-state index in [-0.39, 0.29) is 0 Å². The van der Waals surface area contributed by atoms with Crippen molar-refractivity contribution in [3.63, 3.8) is 0 Å². The molecule has 0 aromatic heterocycles. The fourth-order valence-corrected chi connectivity index (χ4v) is 1.46. The molecule has 0 aromatic rings. The van der Waals surface area contributed by atoms with Crippen LogP contribution in [0.5, 0.6) is 0 Å². The molecule has 0 saturated carbocycles. The van der Waals surface area contributed by atoms with Crippen molar-refractivity contribution in [3.05, 3.63) is 23.0 Å². The highest BCUT2D eigenvalue weighted by atomic mass is 32.2. The molecule has 58 valence electrons. The highest BCUT2D eigenvalue weighted by Crippen LogP contribution is 2.23. The molecule has 0 amide bonds. The number of thioether (sulfide) groups is 1. The Labute approximate surface area is 68.4 Å². The van der Waals surface area contributed by atoms with E-state index < -0.39 is 0 Å². The molecule has 0 fully saturated rings. The lowest BCUT2D eigenvalue weighted by Crippen LogP contribution is -1.99. The summed E-state index contributed by atoms with van der Waals surface area (Å²) in [5, 5.41) is 1.86. The number of allylic oxidation sites excluding steroid dienone is 2. The van der Waals surface area contributed by atoms with E-state index in [4.69, 9.17) is 0 Å². The molecular weight excluding hydrogens is 140 g/mol. The van der Waals surface area contributed by atoms with Crippen LogP contribution in [0.2, 0.25) is 0 Å². The highest BCUT2D eigenvalue weighted by molar-refractivity contribution is 8.05.